The summed E-state index contributed by atoms with van der Waals surface area (Å²) < 4.78 is 7.50. The Kier molecular flexibility index (Phi) is 8.45. The fourth-order valence-electron chi connectivity index (χ4n) is 3.23. The summed E-state index contributed by atoms with van der Waals surface area (Å²) in [6, 6.07) is 8.52. The number of aryl methyl sites for hydroxylation is 2. The van der Waals surface area contributed by atoms with E-state index in [1.165, 1.54) is 11.1 Å². The summed E-state index contributed by atoms with van der Waals surface area (Å²) >= 11 is 0. The second-order valence-electron chi connectivity index (χ2n) is 7.25. The molecule has 0 atom stereocenters. The first-order valence-corrected chi connectivity index (χ1v) is 10.5. The largest absolute Gasteiger partial charge is 0.379 e. The first-order valence-electron chi connectivity index (χ1n) is 10.5. The maximum atomic E-state index is 5.42. The molecule has 29 heavy (non-hydrogen) atoms. The molecule has 0 radical (unpaired) electrons. The maximum absolute atomic E-state index is 5.42. The van der Waals surface area contributed by atoms with Gasteiger partial charge in [-0.15, -0.1) is 10.2 Å². The van der Waals surface area contributed by atoms with Crippen molar-refractivity contribution in [3.63, 3.8) is 0 Å². The molecule has 0 spiro atoms. The van der Waals surface area contributed by atoms with Crippen LogP contribution in [0.3, 0.4) is 0 Å². The average Bonchev–Trinajstić information content (AvgIpc) is 3.21. The maximum Gasteiger partial charge on any atom is 0.191 e. The average molecular weight is 400 g/mol. The lowest BCUT2D eigenvalue weighted by molar-refractivity contribution is 0.0389. The van der Waals surface area contributed by atoms with Crippen LogP contribution in [0, 0.1) is 6.92 Å². The van der Waals surface area contributed by atoms with Gasteiger partial charge in [-0.3, -0.25) is 4.90 Å². The van der Waals surface area contributed by atoms with E-state index in [4.69, 9.17) is 9.73 Å². The smallest absolute Gasteiger partial charge is 0.191 e. The Morgan fingerprint density at radius 3 is 2.55 bits per heavy atom. The molecule has 2 aromatic rings. The topological polar surface area (TPSA) is 79.6 Å². The third kappa shape index (κ3) is 7.14. The number of aliphatic imine (C=N–C) groups is 1. The molecule has 3 rings (SSSR count). The van der Waals surface area contributed by atoms with Crippen molar-refractivity contribution in [3.8, 4) is 0 Å². The van der Waals surface area contributed by atoms with Crippen molar-refractivity contribution in [3.05, 3.63) is 47.5 Å². The highest BCUT2D eigenvalue weighted by Gasteiger charge is 2.10. The number of nitrogens with zero attached hydrogens (tertiary/aromatic N) is 5. The number of ether oxygens (including phenoxy) is 1. The number of morpholine rings is 1. The highest BCUT2D eigenvalue weighted by atomic mass is 16.5. The van der Waals surface area contributed by atoms with E-state index in [0.29, 0.717) is 6.54 Å². The highest BCUT2D eigenvalue weighted by Crippen LogP contribution is 2.04. The monoisotopic (exact) mass is 399 g/mol. The van der Waals surface area contributed by atoms with Crippen LogP contribution in [0.5, 0.6) is 0 Å². The standard InChI is InChI=1S/C21H33N7O/c1-3-20-26-25-17-28(20)11-9-23-21(22-8-10-27-12-14-29-15-13-27)24-16-19-6-4-18(2)5-7-19/h4-7,17H,3,8-16H2,1-2H3,(H2,22,23,24). The molecule has 2 N–H and O–H groups in total. The minimum atomic E-state index is 0.653. The summed E-state index contributed by atoms with van der Waals surface area (Å²) in [7, 11) is 0. The van der Waals surface area contributed by atoms with Crippen LogP contribution in [0.15, 0.2) is 35.6 Å². The first kappa shape index (κ1) is 21.3. The first-order chi connectivity index (χ1) is 14.2. The molecule has 0 amide bonds. The van der Waals surface area contributed by atoms with Gasteiger partial charge in [0.15, 0.2) is 5.96 Å². The molecule has 1 aromatic carbocycles. The Bertz CT molecular complexity index is 751. The highest BCUT2D eigenvalue weighted by molar-refractivity contribution is 5.79. The Balaban J connectivity index is 1.52. The molecule has 1 saturated heterocycles. The van der Waals surface area contributed by atoms with Crippen LogP contribution in [0.1, 0.15) is 23.9 Å². The van der Waals surface area contributed by atoms with Crippen LogP contribution in [0.25, 0.3) is 0 Å². The van der Waals surface area contributed by atoms with Crippen molar-refractivity contribution in [2.24, 2.45) is 4.99 Å². The van der Waals surface area contributed by atoms with Gasteiger partial charge in [-0.2, -0.15) is 0 Å². The van der Waals surface area contributed by atoms with Gasteiger partial charge >= 0.3 is 0 Å². The van der Waals surface area contributed by atoms with Gasteiger partial charge in [-0.1, -0.05) is 36.8 Å². The van der Waals surface area contributed by atoms with Gasteiger partial charge < -0.3 is 19.9 Å². The molecule has 1 aromatic heterocycles. The van der Waals surface area contributed by atoms with Crippen molar-refractivity contribution in [2.75, 3.05) is 45.9 Å². The Morgan fingerprint density at radius 1 is 1.10 bits per heavy atom. The zero-order valence-electron chi connectivity index (χ0n) is 17.6. The van der Waals surface area contributed by atoms with Crippen LogP contribution >= 0.6 is 0 Å². The predicted molar refractivity (Wildman–Crippen MR) is 115 cm³/mol. The third-order valence-corrected chi connectivity index (χ3v) is 5.02. The molecule has 8 nitrogen and oxygen atoms in total. The Labute approximate surface area is 173 Å². The number of hydrogen-bond acceptors (Lipinski definition) is 5. The Morgan fingerprint density at radius 2 is 1.83 bits per heavy atom. The summed E-state index contributed by atoms with van der Waals surface area (Å²) in [4.78, 5) is 7.19. The van der Waals surface area contributed by atoms with Gasteiger partial charge in [0.2, 0.25) is 0 Å². The third-order valence-electron chi connectivity index (χ3n) is 5.02. The summed E-state index contributed by atoms with van der Waals surface area (Å²) in [5.41, 5.74) is 2.47. The van der Waals surface area contributed by atoms with Crippen molar-refractivity contribution < 1.29 is 4.74 Å². The number of hydrogen-bond donors (Lipinski definition) is 2. The van der Waals surface area contributed by atoms with E-state index in [0.717, 1.165) is 70.7 Å². The lowest BCUT2D eigenvalue weighted by Crippen LogP contribution is -2.45. The quantitative estimate of drug-likeness (QED) is 0.488. The fraction of sp³-hybridized carbons (Fsp3) is 0.571. The van der Waals surface area contributed by atoms with Crippen molar-refractivity contribution in [2.45, 2.75) is 33.4 Å². The summed E-state index contributed by atoms with van der Waals surface area (Å²) in [5, 5.41) is 15.1. The van der Waals surface area contributed by atoms with E-state index in [2.05, 4.69) is 68.4 Å². The van der Waals surface area contributed by atoms with Crippen molar-refractivity contribution in [1.29, 1.82) is 0 Å². The summed E-state index contributed by atoms with van der Waals surface area (Å²) in [6.07, 6.45) is 2.67. The molecule has 8 heteroatoms. The van der Waals surface area contributed by atoms with Gasteiger partial charge in [0, 0.05) is 45.7 Å². The molecule has 158 valence electrons. The van der Waals surface area contributed by atoms with Gasteiger partial charge in [0.1, 0.15) is 12.2 Å². The molecular weight excluding hydrogens is 366 g/mol. The van der Waals surface area contributed by atoms with E-state index < -0.39 is 0 Å². The second kappa shape index (κ2) is 11.5. The van der Waals surface area contributed by atoms with Gasteiger partial charge in [0.25, 0.3) is 0 Å². The van der Waals surface area contributed by atoms with Gasteiger partial charge in [0.05, 0.1) is 19.8 Å². The zero-order valence-corrected chi connectivity index (χ0v) is 17.6. The second-order valence-corrected chi connectivity index (χ2v) is 7.25. The van der Waals surface area contributed by atoms with E-state index in [1.807, 2.05) is 0 Å². The molecule has 1 aliphatic rings. The van der Waals surface area contributed by atoms with Crippen LogP contribution < -0.4 is 10.6 Å². The number of benzene rings is 1. The summed E-state index contributed by atoms with van der Waals surface area (Å²) in [6.45, 7) is 11.9. The van der Waals surface area contributed by atoms with E-state index in [1.54, 1.807) is 6.33 Å². The minimum Gasteiger partial charge on any atom is -0.379 e. The van der Waals surface area contributed by atoms with Crippen LogP contribution in [-0.4, -0.2) is 71.6 Å². The molecule has 0 aliphatic carbocycles. The normalized spacial score (nSPS) is 15.4. The van der Waals surface area contributed by atoms with Crippen molar-refractivity contribution in [1.82, 2.24) is 30.3 Å². The van der Waals surface area contributed by atoms with Crippen LogP contribution in [0.2, 0.25) is 0 Å². The van der Waals surface area contributed by atoms with Gasteiger partial charge in [-0.25, -0.2) is 4.99 Å². The molecule has 0 bridgehead atoms. The molecular formula is C21H33N7O. The van der Waals surface area contributed by atoms with E-state index >= 15 is 0 Å². The summed E-state index contributed by atoms with van der Waals surface area (Å²) in [5.74, 6) is 1.84. The number of guanidine groups is 1. The Hall–Kier alpha value is -2.45. The number of aromatic nitrogens is 3. The SMILES string of the molecule is CCc1nncn1CCNC(=NCc1ccc(C)cc1)NCCN1CCOCC1. The molecule has 0 unspecified atom stereocenters. The lowest BCUT2D eigenvalue weighted by Gasteiger charge is -2.26. The molecule has 1 fully saturated rings. The minimum absolute atomic E-state index is 0.653. The zero-order chi connectivity index (χ0) is 20.3. The number of rotatable bonds is 9. The van der Waals surface area contributed by atoms with Crippen molar-refractivity contribution >= 4 is 5.96 Å². The van der Waals surface area contributed by atoms with Crippen LogP contribution in [0.4, 0.5) is 0 Å². The number of nitrogens with one attached hydrogen (secondary N) is 2. The fourth-order valence-corrected chi connectivity index (χ4v) is 3.23. The van der Waals surface area contributed by atoms with Crippen LogP contribution in [-0.2, 0) is 24.2 Å². The van der Waals surface area contributed by atoms with Gasteiger partial charge in [-0.05, 0) is 12.5 Å². The molecule has 0 saturated carbocycles. The molecule has 2 heterocycles. The predicted octanol–water partition coefficient (Wildman–Crippen LogP) is 1.22. The van der Waals surface area contributed by atoms with E-state index in [9.17, 15) is 0 Å². The van der Waals surface area contributed by atoms with E-state index in [-0.39, 0.29) is 0 Å². The lowest BCUT2D eigenvalue weighted by atomic mass is 10.1. The molecule has 1 aliphatic heterocycles.